The van der Waals surface area contributed by atoms with Gasteiger partial charge < -0.3 is 9.47 Å². The minimum atomic E-state index is -0.440. The molecule has 1 saturated heterocycles. The van der Waals surface area contributed by atoms with Crippen LogP contribution in [0.3, 0.4) is 0 Å². The van der Waals surface area contributed by atoms with Crippen LogP contribution in [-0.4, -0.2) is 37.1 Å². The van der Waals surface area contributed by atoms with Crippen molar-refractivity contribution in [2.45, 2.75) is 25.9 Å². The van der Waals surface area contributed by atoms with E-state index >= 15 is 0 Å². The second-order valence-corrected chi connectivity index (χ2v) is 5.91. The molecule has 2 aliphatic heterocycles. The maximum absolute atomic E-state index is 12.1. The Labute approximate surface area is 140 Å². The molecule has 2 heterocycles. The zero-order valence-corrected chi connectivity index (χ0v) is 13.4. The van der Waals surface area contributed by atoms with Gasteiger partial charge in [-0.15, -0.1) is 0 Å². The molecule has 1 fully saturated rings. The van der Waals surface area contributed by atoms with Gasteiger partial charge in [-0.1, -0.05) is 13.3 Å². The highest BCUT2D eigenvalue weighted by Crippen LogP contribution is 2.25. The van der Waals surface area contributed by atoms with E-state index in [-0.39, 0.29) is 24.5 Å². The third-order valence-corrected chi connectivity index (χ3v) is 4.26. The van der Waals surface area contributed by atoms with Crippen molar-refractivity contribution in [1.29, 1.82) is 0 Å². The summed E-state index contributed by atoms with van der Waals surface area (Å²) in [5.41, 5.74) is 0.800. The van der Waals surface area contributed by atoms with Crippen LogP contribution in [-0.2, 0) is 19.1 Å². The first-order valence-electron chi connectivity index (χ1n) is 8.05. The van der Waals surface area contributed by atoms with Crippen LogP contribution in [0.2, 0.25) is 0 Å². The molecule has 6 nitrogen and oxygen atoms in total. The smallest absolute Gasteiger partial charge is 0.338 e. The highest BCUT2D eigenvalue weighted by Gasteiger charge is 2.32. The lowest BCUT2D eigenvalue weighted by atomic mass is 9.94. The fraction of sp³-hybridized carbons (Fsp3) is 0.389. The molecular weight excluding hydrogens is 310 g/mol. The second kappa shape index (κ2) is 6.97. The van der Waals surface area contributed by atoms with Crippen molar-refractivity contribution in [2.24, 2.45) is 5.92 Å². The van der Waals surface area contributed by atoms with E-state index in [1.165, 1.54) is 12.2 Å². The van der Waals surface area contributed by atoms with Crippen LogP contribution in [0.25, 0.3) is 0 Å². The summed E-state index contributed by atoms with van der Waals surface area (Å²) in [6.45, 7) is 3.10. The summed E-state index contributed by atoms with van der Waals surface area (Å²) in [6, 6.07) is 6.20. The average Bonchev–Trinajstić information content (AvgIpc) is 2.90. The number of hydrogen-bond acceptors (Lipinski definition) is 5. The van der Waals surface area contributed by atoms with Crippen molar-refractivity contribution in [3.05, 3.63) is 42.0 Å². The Kier molecular flexibility index (Phi) is 4.76. The second-order valence-electron chi connectivity index (χ2n) is 5.91. The number of rotatable bonds is 6. The maximum Gasteiger partial charge on any atom is 0.338 e. The molecule has 0 saturated carbocycles. The Morgan fingerprint density at radius 2 is 1.88 bits per heavy atom. The van der Waals surface area contributed by atoms with Gasteiger partial charge in [0.05, 0.1) is 24.0 Å². The number of anilines is 1. The van der Waals surface area contributed by atoms with Crippen LogP contribution in [0.5, 0.6) is 0 Å². The number of imide groups is 1. The van der Waals surface area contributed by atoms with Gasteiger partial charge in [0.25, 0.3) is 11.8 Å². The van der Waals surface area contributed by atoms with E-state index in [4.69, 9.17) is 9.47 Å². The molecule has 6 heteroatoms. The predicted molar refractivity (Wildman–Crippen MR) is 86.5 cm³/mol. The zero-order chi connectivity index (χ0) is 17.1. The average molecular weight is 329 g/mol. The van der Waals surface area contributed by atoms with Crippen LogP contribution in [0.4, 0.5) is 5.69 Å². The molecule has 1 aromatic rings. The molecule has 0 N–H and O–H groups in total. The van der Waals surface area contributed by atoms with Gasteiger partial charge in [-0.2, -0.15) is 0 Å². The van der Waals surface area contributed by atoms with Gasteiger partial charge in [0.2, 0.25) is 0 Å². The molecule has 1 aromatic carbocycles. The van der Waals surface area contributed by atoms with E-state index in [0.29, 0.717) is 17.2 Å². The molecule has 2 unspecified atom stereocenters. The fourth-order valence-corrected chi connectivity index (χ4v) is 2.84. The molecule has 0 bridgehead atoms. The summed E-state index contributed by atoms with van der Waals surface area (Å²) in [5.74, 6) is -0.756. The van der Waals surface area contributed by atoms with Crippen molar-refractivity contribution < 1.29 is 23.9 Å². The van der Waals surface area contributed by atoms with Crippen molar-refractivity contribution in [3.63, 3.8) is 0 Å². The van der Waals surface area contributed by atoms with Gasteiger partial charge in [-0.3, -0.25) is 9.59 Å². The number of ether oxygens (including phenoxy) is 2. The number of carbonyl (C=O) groups is 3. The monoisotopic (exact) mass is 329 g/mol. The predicted octanol–water partition coefficient (Wildman–Crippen LogP) is 2.09. The van der Waals surface area contributed by atoms with E-state index in [1.54, 1.807) is 24.3 Å². The maximum atomic E-state index is 12.1. The van der Waals surface area contributed by atoms with Crippen LogP contribution in [0.15, 0.2) is 36.4 Å². The van der Waals surface area contributed by atoms with Gasteiger partial charge in [0.1, 0.15) is 6.61 Å². The van der Waals surface area contributed by atoms with E-state index < -0.39 is 5.97 Å². The number of nitrogens with zero attached hydrogens (tertiary/aromatic N) is 1. The number of amides is 2. The van der Waals surface area contributed by atoms with Crippen LogP contribution in [0.1, 0.15) is 30.1 Å². The van der Waals surface area contributed by atoms with Gasteiger partial charge in [0.15, 0.2) is 0 Å². The highest BCUT2D eigenvalue weighted by molar-refractivity contribution is 6.28. The Balaban J connectivity index is 1.56. The third kappa shape index (κ3) is 3.23. The van der Waals surface area contributed by atoms with Gasteiger partial charge in [0, 0.05) is 18.1 Å². The molecule has 2 atom stereocenters. The van der Waals surface area contributed by atoms with Gasteiger partial charge in [-0.05, 0) is 30.7 Å². The third-order valence-electron chi connectivity index (χ3n) is 4.26. The topological polar surface area (TPSA) is 72.9 Å². The van der Waals surface area contributed by atoms with Crippen molar-refractivity contribution in [2.75, 3.05) is 18.1 Å². The summed E-state index contributed by atoms with van der Waals surface area (Å²) in [5, 5.41) is 0. The first-order valence-corrected chi connectivity index (χ1v) is 8.05. The highest BCUT2D eigenvalue weighted by atomic mass is 16.6. The number of hydrogen-bond donors (Lipinski definition) is 0. The van der Waals surface area contributed by atoms with E-state index in [2.05, 4.69) is 6.92 Å². The Hall–Kier alpha value is -2.47. The van der Waals surface area contributed by atoms with Crippen molar-refractivity contribution in [3.8, 4) is 0 Å². The zero-order valence-electron chi connectivity index (χ0n) is 13.4. The molecule has 24 heavy (non-hydrogen) atoms. The lowest BCUT2D eigenvalue weighted by molar-refractivity contribution is -0.139. The molecule has 0 radical (unpaired) electrons. The number of benzene rings is 1. The van der Waals surface area contributed by atoms with E-state index in [0.717, 1.165) is 24.3 Å². The summed E-state index contributed by atoms with van der Waals surface area (Å²) in [7, 11) is 0. The Bertz CT molecular complexity index is 661. The summed E-state index contributed by atoms with van der Waals surface area (Å²) >= 11 is 0. The normalized spacial score (nSPS) is 22.6. The molecule has 0 aromatic heterocycles. The van der Waals surface area contributed by atoms with Crippen LogP contribution < -0.4 is 4.90 Å². The van der Waals surface area contributed by atoms with E-state index in [1.807, 2.05) is 0 Å². The molecule has 0 aliphatic carbocycles. The first kappa shape index (κ1) is 16.4. The summed E-state index contributed by atoms with van der Waals surface area (Å²) in [6.07, 6.45) is 4.58. The Morgan fingerprint density at radius 1 is 1.21 bits per heavy atom. The quantitative estimate of drug-likeness (QED) is 0.590. The first-order chi connectivity index (χ1) is 11.6. The standard InChI is InChI=1S/C18H19NO5/c1-2-3-13-10-23-15(13)11-24-18(22)12-4-6-14(7-5-12)19-16(20)8-9-17(19)21/h4-9,13,15H,2-3,10-11H2,1H3. The molecule has 3 rings (SSSR count). The van der Waals surface area contributed by atoms with Crippen LogP contribution >= 0.6 is 0 Å². The molecule has 2 aliphatic rings. The van der Waals surface area contributed by atoms with Crippen molar-refractivity contribution in [1.82, 2.24) is 0 Å². The van der Waals surface area contributed by atoms with Gasteiger partial charge in [-0.25, -0.2) is 9.69 Å². The summed E-state index contributed by atoms with van der Waals surface area (Å²) in [4.78, 5) is 36.4. The molecule has 0 spiro atoms. The number of carbonyl (C=O) groups excluding carboxylic acids is 3. The fourth-order valence-electron chi connectivity index (χ4n) is 2.84. The lowest BCUT2D eigenvalue weighted by Gasteiger charge is -2.36. The molecule has 2 amide bonds. The van der Waals surface area contributed by atoms with Crippen molar-refractivity contribution >= 4 is 23.5 Å². The minimum absolute atomic E-state index is 0.0147. The lowest BCUT2D eigenvalue weighted by Crippen LogP contribution is -2.43. The Morgan fingerprint density at radius 3 is 2.42 bits per heavy atom. The SMILES string of the molecule is CCCC1COC1COC(=O)c1ccc(N2C(=O)C=CC2=O)cc1. The minimum Gasteiger partial charge on any atom is -0.459 e. The summed E-state index contributed by atoms with van der Waals surface area (Å²) < 4.78 is 10.7. The van der Waals surface area contributed by atoms with E-state index in [9.17, 15) is 14.4 Å². The van der Waals surface area contributed by atoms with Gasteiger partial charge >= 0.3 is 5.97 Å². The molecular formula is C18H19NO5. The van der Waals surface area contributed by atoms with Crippen LogP contribution in [0, 0.1) is 5.92 Å². The molecule has 126 valence electrons. The largest absolute Gasteiger partial charge is 0.459 e. The number of esters is 1.